The summed E-state index contributed by atoms with van der Waals surface area (Å²) in [5.74, 6) is -1.34. The van der Waals surface area contributed by atoms with Crippen molar-refractivity contribution in [1.29, 1.82) is 0 Å². The maximum atomic E-state index is 13.0. The van der Waals surface area contributed by atoms with Gasteiger partial charge in [0, 0.05) is 35.1 Å². The van der Waals surface area contributed by atoms with Gasteiger partial charge in [0.15, 0.2) is 17.3 Å². The van der Waals surface area contributed by atoms with Gasteiger partial charge in [0.1, 0.15) is 5.60 Å². The zero-order valence-electron chi connectivity index (χ0n) is 13.6. The van der Waals surface area contributed by atoms with Gasteiger partial charge < -0.3 is 10.2 Å². The number of hydrogen-bond donors (Lipinski definition) is 2. The van der Waals surface area contributed by atoms with Crippen LogP contribution in [-0.2, 0) is 4.79 Å². The van der Waals surface area contributed by atoms with E-state index in [9.17, 15) is 24.6 Å². The Morgan fingerprint density at radius 2 is 1.64 bits per heavy atom. The standard InChI is InChI=1S/C20H16O5/c1-10(21)20(25)8-15-17(16(22)9-20)19(24)14-7-12-5-3-2-4-11(12)6-13(14)18(15)23/h2-7,16,22,25H,8-9H2,1H3. The molecule has 0 radical (unpaired) electrons. The highest BCUT2D eigenvalue weighted by Crippen LogP contribution is 2.41. The van der Waals surface area contributed by atoms with Gasteiger partial charge in [0.25, 0.3) is 0 Å². The summed E-state index contributed by atoms with van der Waals surface area (Å²) in [5.41, 5.74) is -1.25. The summed E-state index contributed by atoms with van der Waals surface area (Å²) in [7, 11) is 0. The quantitative estimate of drug-likeness (QED) is 0.831. The number of Topliss-reactive ketones (excluding diaryl/α,β-unsaturated/α-hetero) is 3. The van der Waals surface area contributed by atoms with Crippen LogP contribution >= 0.6 is 0 Å². The largest absolute Gasteiger partial charge is 0.388 e. The van der Waals surface area contributed by atoms with Gasteiger partial charge in [0.2, 0.25) is 0 Å². The molecule has 2 N–H and O–H groups in total. The lowest BCUT2D eigenvalue weighted by molar-refractivity contribution is -0.138. The monoisotopic (exact) mass is 336 g/mol. The fourth-order valence-electron chi connectivity index (χ4n) is 3.77. The Labute approximate surface area is 143 Å². The van der Waals surface area contributed by atoms with E-state index in [2.05, 4.69) is 0 Å². The molecule has 0 amide bonds. The van der Waals surface area contributed by atoms with Crippen molar-refractivity contribution in [2.24, 2.45) is 0 Å². The van der Waals surface area contributed by atoms with E-state index in [0.29, 0.717) is 0 Å². The summed E-state index contributed by atoms with van der Waals surface area (Å²) in [5, 5.41) is 22.5. The lowest BCUT2D eigenvalue weighted by atomic mass is 9.69. The molecule has 25 heavy (non-hydrogen) atoms. The second kappa shape index (κ2) is 5.18. The molecule has 2 aliphatic rings. The Kier molecular flexibility index (Phi) is 3.29. The highest BCUT2D eigenvalue weighted by Gasteiger charge is 2.48. The zero-order chi connectivity index (χ0) is 17.9. The van der Waals surface area contributed by atoms with Crippen LogP contribution in [0.15, 0.2) is 47.5 Å². The van der Waals surface area contributed by atoms with Crippen molar-refractivity contribution in [3.8, 4) is 0 Å². The first kappa shape index (κ1) is 15.9. The molecular weight excluding hydrogens is 320 g/mol. The molecule has 5 heteroatoms. The maximum Gasteiger partial charge on any atom is 0.192 e. The van der Waals surface area contributed by atoms with E-state index in [-0.39, 0.29) is 35.1 Å². The summed E-state index contributed by atoms with van der Waals surface area (Å²) in [4.78, 5) is 37.6. The zero-order valence-corrected chi connectivity index (χ0v) is 13.6. The molecule has 0 heterocycles. The van der Waals surface area contributed by atoms with Crippen LogP contribution in [0, 0.1) is 0 Å². The van der Waals surface area contributed by atoms with Crippen LogP contribution in [0.2, 0.25) is 0 Å². The number of aliphatic hydroxyl groups is 2. The maximum absolute atomic E-state index is 13.0. The van der Waals surface area contributed by atoms with Crippen molar-refractivity contribution >= 4 is 28.1 Å². The molecule has 2 aliphatic carbocycles. The Bertz CT molecular complexity index is 1000. The van der Waals surface area contributed by atoms with E-state index in [0.717, 1.165) is 10.8 Å². The molecule has 0 aliphatic heterocycles. The van der Waals surface area contributed by atoms with Gasteiger partial charge in [0.05, 0.1) is 6.10 Å². The number of hydrogen-bond acceptors (Lipinski definition) is 5. The van der Waals surface area contributed by atoms with E-state index >= 15 is 0 Å². The van der Waals surface area contributed by atoms with Crippen molar-refractivity contribution in [3.63, 3.8) is 0 Å². The Morgan fingerprint density at radius 3 is 2.20 bits per heavy atom. The molecule has 0 fully saturated rings. The van der Waals surface area contributed by atoms with Crippen molar-refractivity contribution in [2.75, 3.05) is 0 Å². The summed E-state index contributed by atoms with van der Waals surface area (Å²) in [6.45, 7) is 1.22. The van der Waals surface area contributed by atoms with Crippen LogP contribution in [0.5, 0.6) is 0 Å². The molecule has 2 aromatic carbocycles. The fourth-order valence-corrected chi connectivity index (χ4v) is 3.77. The van der Waals surface area contributed by atoms with Gasteiger partial charge in [-0.2, -0.15) is 0 Å². The molecule has 2 unspecified atom stereocenters. The lowest BCUT2D eigenvalue weighted by Gasteiger charge is -2.37. The average molecular weight is 336 g/mol. The molecule has 2 aromatic rings. The number of fused-ring (bicyclic) bond motifs is 2. The molecule has 0 aromatic heterocycles. The van der Waals surface area contributed by atoms with E-state index < -0.39 is 29.1 Å². The van der Waals surface area contributed by atoms with Crippen molar-refractivity contribution in [3.05, 3.63) is 58.7 Å². The third-order valence-electron chi connectivity index (χ3n) is 5.21. The minimum atomic E-state index is -1.82. The van der Waals surface area contributed by atoms with E-state index in [1.165, 1.54) is 6.92 Å². The van der Waals surface area contributed by atoms with Crippen LogP contribution in [0.25, 0.3) is 10.8 Å². The predicted octanol–water partition coefficient (Wildman–Crippen LogP) is 1.99. The summed E-state index contributed by atoms with van der Waals surface area (Å²) in [6, 6.07) is 10.7. The normalized spacial score (nSPS) is 25.8. The minimum absolute atomic E-state index is 0.0127. The van der Waals surface area contributed by atoms with Gasteiger partial charge in [-0.05, 0) is 29.8 Å². The van der Waals surface area contributed by atoms with Crippen molar-refractivity contribution in [2.45, 2.75) is 31.5 Å². The molecule has 0 bridgehead atoms. The summed E-state index contributed by atoms with van der Waals surface area (Å²) < 4.78 is 0. The minimum Gasteiger partial charge on any atom is -0.388 e. The highest BCUT2D eigenvalue weighted by atomic mass is 16.3. The second-order valence-corrected chi connectivity index (χ2v) is 6.78. The number of carbonyl (C=O) groups is 3. The highest BCUT2D eigenvalue weighted by molar-refractivity contribution is 6.29. The van der Waals surface area contributed by atoms with Gasteiger partial charge in [-0.25, -0.2) is 0 Å². The average Bonchev–Trinajstić information content (AvgIpc) is 2.57. The smallest absolute Gasteiger partial charge is 0.192 e. The Morgan fingerprint density at radius 1 is 1.08 bits per heavy atom. The SMILES string of the molecule is CC(=O)C1(O)CC2=C(C(=O)c3cc4ccccc4cc3C2=O)C(O)C1. The van der Waals surface area contributed by atoms with Crippen LogP contribution in [0.4, 0.5) is 0 Å². The summed E-state index contributed by atoms with van der Waals surface area (Å²) >= 11 is 0. The fraction of sp³-hybridized carbons (Fsp3) is 0.250. The van der Waals surface area contributed by atoms with Gasteiger partial charge in [-0.15, -0.1) is 0 Å². The molecule has 2 atom stereocenters. The summed E-state index contributed by atoms with van der Waals surface area (Å²) in [6.07, 6.45) is -1.86. The first-order chi connectivity index (χ1) is 11.8. The molecule has 0 saturated heterocycles. The molecule has 126 valence electrons. The van der Waals surface area contributed by atoms with E-state index in [1.807, 2.05) is 24.3 Å². The topological polar surface area (TPSA) is 91.7 Å². The van der Waals surface area contributed by atoms with Gasteiger partial charge in [-0.1, -0.05) is 24.3 Å². The van der Waals surface area contributed by atoms with Crippen LogP contribution < -0.4 is 0 Å². The van der Waals surface area contributed by atoms with Crippen LogP contribution in [0.1, 0.15) is 40.5 Å². The Balaban J connectivity index is 1.93. The lowest BCUT2D eigenvalue weighted by Crippen LogP contribution is -2.48. The van der Waals surface area contributed by atoms with Crippen LogP contribution in [-0.4, -0.2) is 39.3 Å². The Hall–Kier alpha value is -2.63. The number of aliphatic hydroxyl groups excluding tert-OH is 1. The number of ketones is 3. The van der Waals surface area contributed by atoms with Crippen molar-refractivity contribution < 1.29 is 24.6 Å². The predicted molar refractivity (Wildman–Crippen MR) is 90.5 cm³/mol. The number of benzene rings is 2. The first-order valence-corrected chi connectivity index (χ1v) is 8.08. The van der Waals surface area contributed by atoms with E-state index in [1.54, 1.807) is 12.1 Å². The number of carbonyl (C=O) groups excluding carboxylic acids is 3. The molecule has 0 saturated carbocycles. The van der Waals surface area contributed by atoms with E-state index in [4.69, 9.17) is 0 Å². The van der Waals surface area contributed by atoms with Gasteiger partial charge in [-0.3, -0.25) is 14.4 Å². The van der Waals surface area contributed by atoms with Crippen LogP contribution in [0.3, 0.4) is 0 Å². The third kappa shape index (κ3) is 2.20. The molecule has 4 rings (SSSR count). The van der Waals surface area contributed by atoms with Gasteiger partial charge >= 0.3 is 0 Å². The van der Waals surface area contributed by atoms with Crippen molar-refractivity contribution in [1.82, 2.24) is 0 Å². The third-order valence-corrected chi connectivity index (χ3v) is 5.21. The molecule has 0 spiro atoms. The molecular formula is C20H16O5. The number of rotatable bonds is 1. The second-order valence-electron chi connectivity index (χ2n) is 6.78. The first-order valence-electron chi connectivity index (χ1n) is 8.08. The molecule has 5 nitrogen and oxygen atoms in total.